The Morgan fingerprint density at radius 2 is 1.67 bits per heavy atom. The standard InChI is InChI=1S/C23H22N2O3S2/c26-23(24-13-5-10-17-7-3-4-11-20(17)24)21-15-18-8-1-2-9-19(18)16-25(21)30(27,28)22-12-6-14-29-22/h1-4,6-9,11-12,14,21H,5,10,13,15-16H2. The number of rotatable bonds is 3. The van der Waals surface area contributed by atoms with Crippen LogP contribution in [0.2, 0.25) is 0 Å². The predicted octanol–water partition coefficient (Wildman–Crippen LogP) is 3.84. The van der Waals surface area contributed by atoms with Crippen LogP contribution in [0.1, 0.15) is 23.1 Å². The second-order valence-electron chi connectivity index (χ2n) is 7.69. The van der Waals surface area contributed by atoms with Gasteiger partial charge in [0.1, 0.15) is 10.3 Å². The first-order chi connectivity index (χ1) is 14.6. The highest BCUT2D eigenvalue weighted by atomic mass is 32.2. The molecule has 0 spiro atoms. The molecule has 1 unspecified atom stereocenters. The molecule has 154 valence electrons. The van der Waals surface area contributed by atoms with Gasteiger partial charge >= 0.3 is 0 Å². The third-order valence-electron chi connectivity index (χ3n) is 5.92. The van der Waals surface area contributed by atoms with Gasteiger partial charge < -0.3 is 4.90 Å². The van der Waals surface area contributed by atoms with Gasteiger partial charge in [-0.05, 0) is 53.5 Å². The molecule has 0 fully saturated rings. The fraction of sp³-hybridized carbons (Fsp3) is 0.261. The number of amides is 1. The molecule has 5 nitrogen and oxygen atoms in total. The zero-order valence-corrected chi connectivity index (χ0v) is 18.0. The topological polar surface area (TPSA) is 57.7 Å². The smallest absolute Gasteiger partial charge is 0.253 e. The van der Waals surface area contributed by atoms with Gasteiger partial charge in [-0.15, -0.1) is 11.3 Å². The largest absolute Gasteiger partial charge is 0.311 e. The van der Waals surface area contributed by atoms with Crippen molar-refractivity contribution in [2.45, 2.75) is 36.1 Å². The first-order valence-corrected chi connectivity index (χ1v) is 12.4. The predicted molar refractivity (Wildman–Crippen MR) is 118 cm³/mol. The quantitative estimate of drug-likeness (QED) is 0.624. The van der Waals surface area contributed by atoms with Gasteiger partial charge in [-0.25, -0.2) is 8.42 Å². The van der Waals surface area contributed by atoms with Gasteiger partial charge in [-0.3, -0.25) is 4.79 Å². The number of thiophene rings is 1. The molecule has 0 saturated heterocycles. The van der Waals surface area contributed by atoms with E-state index in [9.17, 15) is 13.2 Å². The van der Waals surface area contributed by atoms with Crippen molar-refractivity contribution in [2.24, 2.45) is 0 Å². The van der Waals surface area contributed by atoms with Crippen molar-refractivity contribution >= 4 is 33.0 Å². The van der Waals surface area contributed by atoms with Crippen LogP contribution in [0.4, 0.5) is 5.69 Å². The number of fused-ring (bicyclic) bond motifs is 2. The van der Waals surface area contributed by atoms with Crippen LogP contribution >= 0.6 is 11.3 Å². The lowest BCUT2D eigenvalue weighted by atomic mass is 9.94. The van der Waals surface area contributed by atoms with E-state index in [1.54, 1.807) is 22.4 Å². The molecule has 1 atom stereocenters. The fourth-order valence-corrected chi connectivity index (χ4v) is 7.11. The van der Waals surface area contributed by atoms with Gasteiger partial charge in [0, 0.05) is 18.8 Å². The van der Waals surface area contributed by atoms with Crippen LogP contribution in [-0.4, -0.2) is 31.2 Å². The summed E-state index contributed by atoms with van der Waals surface area (Å²) in [6.45, 7) is 0.823. The molecule has 2 aromatic carbocycles. The summed E-state index contributed by atoms with van der Waals surface area (Å²) in [4.78, 5) is 15.6. The molecule has 5 rings (SSSR count). The maximum atomic E-state index is 13.8. The summed E-state index contributed by atoms with van der Waals surface area (Å²) in [5, 5.41) is 1.75. The number of para-hydroxylation sites is 1. The summed E-state index contributed by atoms with van der Waals surface area (Å²) in [6.07, 6.45) is 2.20. The average molecular weight is 439 g/mol. The van der Waals surface area contributed by atoms with Crippen molar-refractivity contribution in [3.05, 3.63) is 82.7 Å². The first kappa shape index (κ1) is 19.5. The molecule has 7 heteroatoms. The molecule has 0 radical (unpaired) electrons. The van der Waals surface area contributed by atoms with Crippen molar-refractivity contribution in [1.82, 2.24) is 4.31 Å². The van der Waals surface area contributed by atoms with Gasteiger partial charge in [0.2, 0.25) is 5.91 Å². The Kier molecular flexibility index (Phi) is 4.97. The molecule has 0 aliphatic carbocycles. The molecule has 3 heterocycles. The Labute approximate surface area is 180 Å². The lowest BCUT2D eigenvalue weighted by molar-refractivity contribution is -0.122. The highest BCUT2D eigenvalue weighted by Gasteiger charge is 2.42. The first-order valence-electron chi connectivity index (χ1n) is 10.1. The molecule has 30 heavy (non-hydrogen) atoms. The van der Waals surface area contributed by atoms with E-state index in [4.69, 9.17) is 0 Å². The third kappa shape index (κ3) is 3.27. The highest BCUT2D eigenvalue weighted by molar-refractivity contribution is 7.91. The number of nitrogens with zero attached hydrogens (tertiary/aromatic N) is 2. The Bertz CT molecular complexity index is 1190. The van der Waals surface area contributed by atoms with E-state index in [-0.39, 0.29) is 16.7 Å². The van der Waals surface area contributed by atoms with E-state index >= 15 is 0 Å². The second kappa shape index (κ2) is 7.65. The van der Waals surface area contributed by atoms with Crippen LogP contribution in [0.25, 0.3) is 0 Å². The van der Waals surface area contributed by atoms with Crippen LogP contribution in [0.5, 0.6) is 0 Å². The van der Waals surface area contributed by atoms with Crippen molar-refractivity contribution in [1.29, 1.82) is 0 Å². The van der Waals surface area contributed by atoms with Crippen LogP contribution in [0.15, 0.2) is 70.3 Å². The molecule has 0 N–H and O–H groups in total. The van der Waals surface area contributed by atoms with Crippen molar-refractivity contribution in [2.75, 3.05) is 11.4 Å². The Morgan fingerprint density at radius 3 is 2.43 bits per heavy atom. The number of anilines is 1. The van der Waals surface area contributed by atoms with Crippen LogP contribution < -0.4 is 4.90 Å². The molecule has 2 aliphatic rings. The number of sulfonamides is 1. The maximum absolute atomic E-state index is 13.8. The molecule has 0 bridgehead atoms. The minimum Gasteiger partial charge on any atom is -0.311 e. The normalized spacial score (nSPS) is 19.2. The summed E-state index contributed by atoms with van der Waals surface area (Å²) in [6, 6.07) is 18.3. The molecular formula is C23H22N2O3S2. The molecule has 1 aromatic heterocycles. The number of hydrogen-bond acceptors (Lipinski definition) is 4. The van der Waals surface area contributed by atoms with E-state index in [1.807, 2.05) is 48.5 Å². The van der Waals surface area contributed by atoms with E-state index in [0.717, 1.165) is 35.2 Å². The van der Waals surface area contributed by atoms with Gasteiger partial charge in [0.25, 0.3) is 10.0 Å². The Balaban J connectivity index is 1.57. The monoisotopic (exact) mass is 438 g/mol. The highest BCUT2D eigenvalue weighted by Crippen LogP contribution is 2.34. The summed E-state index contributed by atoms with van der Waals surface area (Å²) in [7, 11) is -3.77. The summed E-state index contributed by atoms with van der Waals surface area (Å²) in [5.74, 6) is -0.142. The number of carbonyl (C=O) groups excluding carboxylic acids is 1. The summed E-state index contributed by atoms with van der Waals surface area (Å²) >= 11 is 1.19. The SMILES string of the molecule is O=C(C1Cc2ccccc2CN1S(=O)(=O)c1cccs1)N1CCCc2ccccc21. The Morgan fingerprint density at radius 1 is 0.933 bits per heavy atom. The van der Waals surface area contributed by atoms with Crippen LogP contribution in [0, 0.1) is 0 Å². The minimum absolute atomic E-state index is 0.142. The lowest BCUT2D eigenvalue weighted by Crippen LogP contribution is -2.54. The minimum atomic E-state index is -3.77. The fourth-order valence-electron chi connectivity index (χ4n) is 4.43. The average Bonchev–Trinajstić information content (AvgIpc) is 3.33. The van der Waals surface area contributed by atoms with Crippen molar-refractivity contribution in [3.8, 4) is 0 Å². The number of benzene rings is 2. The molecule has 2 aliphatic heterocycles. The van der Waals surface area contributed by atoms with Gasteiger partial charge in [-0.2, -0.15) is 4.31 Å². The zero-order chi connectivity index (χ0) is 20.7. The summed E-state index contributed by atoms with van der Waals surface area (Å²) < 4.78 is 28.6. The molecule has 1 amide bonds. The van der Waals surface area contributed by atoms with Crippen molar-refractivity contribution in [3.63, 3.8) is 0 Å². The third-order valence-corrected chi connectivity index (χ3v) is 9.15. The van der Waals surface area contributed by atoms with Crippen molar-refractivity contribution < 1.29 is 13.2 Å². The molecule has 0 saturated carbocycles. The van der Waals surface area contributed by atoms with Gasteiger partial charge in [0.05, 0.1) is 0 Å². The van der Waals surface area contributed by atoms with Crippen LogP contribution in [-0.2, 0) is 34.2 Å². The second-order valence-corrected chi connectivity index (χ2v) is 10.8. The number of hydrogen-bond donors (Lipinski definition) is 0. The van der Waals surface area contributed by atoms with E-state index < -0.39 is 16.1 Å². The van der Waals surface area contributed by atoms with E-state index in [1.165, 1.54) is 15.6 Å². The van der Waals surface area contributed by atoms with Gasteiger partial charge in [-0.1, -0.05) is 48.5 Å². The molecular weight excluding hydrogens is 416 g/mol. The van der Waals surface area contributed by atoms with Crippen LogP contribution in [0.3, 0.4) is 0 Å². The van der Waals surface area contributed by atoms with Gasteiger partial charge in [0.15, 0.2) is 0 Å². The number of carbonyl (C=O) groups is 1. The Hall–Kier alpha value is -2.48. The maximum Gasteiger partial charge on any atom is 0.253 e. The lowest BCUT2D eigenvalue weighted by Gasteiger charge is -2.39. The van der Waals surface area contributed by atoms with E-state index in [0.29, 0.717) is 13.0 Å². The zero-order valence-electron chi connectivity index (χ0n) is 16.4. The molecule has 3 aromatic rings. The number of aryl methyl sites for hydroxylation is 1. The van der Waals surface area contributed by atoms with E-state index in [2.05, 4.69) is 0 Å². The summed E-state index contributed by atoms with van der Waals surface area (Å²) in [5.41, 5.74) is 4.04.